The van der Waals surface area contributed by atoms with Crippen LogP contribution in [0.25, 0.3) is 0 Å². The van der Waals surface area contributed by atoms with Crippen LogP contribution in [-0.2, 0) is 0 Å². The maximum absolute atomic E-state index is 3.62. The van der Waals surface area contributed by atoms with Gasteiger partial charge < -0.3 is 5.32 Å². The van der Waals surface area contributed by atoms with Gasteiger partial charge in [0.2, 0.25) is 0 Å². The molecule has 1 aromatic carbocycles. The second-order valence-corrected chi connectivity index (χ2v) is 6.88. The lowest BCUT2D eigenvalue weighted by atomic mass is 10.0. The number of rotatable bonds is 7. The molecule has 1 aliphatic carbocycles. The number of hydrogen-bond acceptors (Lipinski definition) is 2. The monoisotopic (exact) mass is 277 g/mol. The quantitative estimate of drug-likeness (QED) is 0.737. The van der Waals surface area contributed by atoms with E-state index in [4.69, 9.17) is 0 Å². The Labute approximate surface area is 122 Å². The van der Waals surface area contributed by atoms with Crippen molar-refractivity contribution in [2.75, 3.05) is 6.54 Å². The average molecular weight is 277 g/mol. The van der Waals surface area contributed by atoms with Gasteiger partial charge in [0.05, 0.1) is 0 Å². The Balaban J connectivity index is 1.92. The van der Waals surface area contributed by atoms with E-state index in [-0.39, 0.29) is 0 Å². The van der Waals surface area contributed by atoms with Crippen molar-refractivity contribution < 1.29 is 0 Å². The zero-order valence-corrected chi connectivity index (χ0v) is 13.1. The highest BCUT2D eigenvalue weighted by molar-refractivity contribution is 8.00. The normalized spacial score (nSPS) is 17.8. The molecule has 2 heteroatoms. The predicted octanol–water partition coefficient (Wildman–Crippen LogP) is 5.17. The van der Waals surface area contributed by atoms with E-state index >= 15 is 0 Å². The van der Waals surface area contributed by atoms with Crippen LogP contribution in [0.15, 0.2) is 29.2 Å². The lowest BCUT2D eigenvalue weighted by Crippen LogP contribution is -2.21. The van der Waals surface area contributed by atoms with Crippen molar-refractivity contribution in [1.29, 1.82) is 0 Å². The summed E-state index contributed by atoms with van der Waals surface area (Å²) < 4.78 is 0. The van der Waals surface area contributed by atoms with E-state index in [1.807, 2.05) is 0 Å². The van der Waals surface area contributed by atoms with Crippen molar-refractivity contribution >= 4 is 11.8 Å². The maximum atomic E-state index is 3.62. The molecular formula is C17H27NS. The molecule has 1 nitrogen and oxygen atoms in total. The first kappa shape index (κ1) is 14.9. The van der Waals surface area contributed by atoms with E-state index in [1.165, 1.54) is 42.6 Å². The van der Waals surface area contributed by atoms with Crippen molar-refractivity contribution in [3.8, 4) is 0 Å². The Hall–Kier alpha value is -0.470. The van der Waals surface area contributed by atoms with Gasteiger partial charge >= 0.3 is 0 Å². The van der Waals surface area contributed by atoms with Crippen LogP contribution >= 0.6 is 11.8 Å². The predicted molar refractivity (Wildman–Crippen MR) is 85.9 cm³/mol. The fourth-order valence-electron chi connectivity index (χ4n) is 2.79. The van der Waals surface area contributed by atoms with Gasteiger partial charge in [-0.1, -0.05) is 38.8 Å². The smallest absolute Gasteiger partial charge is 0.0317 e. The maximum Gasteiger partial charge on any atom is 0.0317 e. The summed E-state index contributed by atoms with van der Waals surface area (Å²) in [5.74, 6) is 0. The van der Waals surface area contributed by atoms with E-state index in [0.717, 1.165) is 18.2 Å². The minimum atomic E-state index is 0.519. The van der Waals surface area contributed by atoms with Crippen molar-refractivity contribution in [2.24, 2.45) is 0 Å². The van der Waals surface area contributed by atoms with Gasteiger partial charge in [0, 0.05) is 16.2 Å². The van der Waals surface area contributed by atoms with Gasteiger partial charge in [-0.3, -0.25) is 0 Å². The topological polar surface area (TPSA) is 12.0 Å². The molecule has 1 fully saturated rings. The lowest BCUT2D eigenvalue weighted by Gasteiger charge is -2.17. The molecule has 2 rings (SSSR count). The summed E-state index contributed by atoms with van der Waals surface area (Å²) in [4.78, 5) is 1.45. The van der Waals surface area contributed by atoms with E-state index in [9.17, 15) is 0 Å². The molecule has 0 spiro atoms. The second-order valence-electron chi connectivity index (χ2n) is 5.51. The van der Waals surface area contributed by atoms with Gasteiger partial charge in [0.25, 0.3) is 0 Å². The summed E-state index contributed by atoms with van der Waals surface area (Å²) in [5.41, 5.74) is 1.44. The largest absolute Gasteiger partial charge is 0.310 e. The molecule has 1 aromatic rings. The molecule has 1 N–H and O–H groups in total. The Bertz CT molecular complexity index is 354. The molecule has 0 aromatic heterocycles. The summed E-state index contributed by atoms with van der Waals surface area (Å²) in [7, 11) is 0. The van der Waals surface area contributed by atoms with E-state index < -0.39 is 0 Å². The fraction of sp³-hybridized carbons (Fsp3) is 0.647. The second kappa shape index (κ2) is 7.96. The molecule has 0 heterocycles. The van der Waals surface area contributed by atoms with Crippen LogP contribution in [-0.4, -0.2) is 11.8 Å². The van der Waals surface area contributed by atoms with Crippen LogP contribution < -0.4 is 5.32 Å². The summed E-state index contributed by atoms with van der Waals surface area (Å²) in [6, 6.07) is 9.77. The molecule has 0 bridgehead atoms. The van der Waals surface area contributed by atoms with Crippen molar-refractivity contribution in [3.63, 3.8) is 0 Å². The van der Waals surface area contributed by atoms with Gasteiger partial charge in [0.15, 0.2) is 0 Å². The van der Waals surface area contributed by atoms with Crippen LogP contribution in [0.3, 0.4) is 0 Å². The Kier molecular flexibility index (Phi) is 6.25. The van der Waals surface area contributed by atoms with Crippen LogP contribution in [0.5, 0.6) is 0 Å². The Morgan fingerprint density at radius 1 is 1.16 bits per heavy atom. The summed E-state index contributed by atoms with van der Waals surface area (Å²) in [5, 5.41) is 4.49. The first-order valence-electron chi connectivity index (χ1n) is 7.83. The Morgan fingerprint density at radius 2 is 1.84 bits per heavy atom. The third-order valence-corrected chi connectivity index (χ3v) is 5.29. The number of benzene rings is 1. The number of hydrogen-bond donors (Lipinski definition) is 1. The third-order valence-electron chi connectivity index (χ3n) is 3.94. The van der Waals surface area contributed by atoms with Crippen LogP contribution in [0.2, 0.25) is 0 Å². The molecule has 0 saturated heterocycles. The molecule has 1 aliphatic rings. The Morgan fingerprint density at radius 3 is 2.42 bits per heavy atom. The molecule has 1 atom stereocenters. The standard InChI is InChI=1S/C17H27NS/c1-3-13-18-17(4-2)14-9-11-16(12-10-14)19-15-7-5-6-8-15/h9-12,15,17-18H,3-8,13H2,1-2H3. The number of thioether (sulfide) groups is 1. The highest BCUT2D eigenvalue weighted by Crippen LogP contribution is 2.35. The first-order valence-corrected chi connectivity index (χ1v) is 8.71. The van der Waals surface area contributed by atoms with Crippen LogP contribution in [0.1, 0.15) is 64.0 Å². The average Bonchev–Trinajstić information content (AvgIpc) is 2.94. The van der Waals surface area contributed by atoms with Crippen LogP contribution in [0, 0.1) is 0 Å². The lowest BCUT2D eigenvalue weighted by molar-refractivity contribution is 0.518. The van der Waals surface area contributed by atoms with E-state index in [0.29, 0.717) is 6.04 Å². The van der Waals surface area contributed by atoms with E-state index in [2.05, 4.69) is 55.2 Å². The first-order chi connectivity index (χ1) is 9.33. The summed E-state index contributed by atoms with van der Waals surface area (Å²) in [6.45, 7) is 5.59. The molecule has 0 aliphatic heterocycles. The minimum Gasteiger partial charge on any atom is -0.310 e. The SMILES string of the molecule is CCCNC(CC)c1ccc(SC2CCCC2)cc1. The molecule has 0 amide bonds. The van der Waals surface area contributed by atoms with Crippen LogP contribution in [0.4, 0.5) is 0 Å². The summed E-state index contributed by atoms with van der Waals surface area (Å²) >= 11 is 2.08. The van der Waals surface area contributed by atoms with E-state index in [1.54, 1.807) is 0 Å². The van der Waals surface area contributed by atoms with Crippen molar-refractivity contribution in [1.82, 2.24) is 5.32 Å². The van der Waals surface area contributed by atoms with Gasteiger partial charge in [-0.15, -0.1) is 11.8 Å². The van der Waals surface area contributed by atoms with Gasteiger partial charge in [0.1, 0.15) is 0 Å². The third kappa shape index (κ3) is 4.54. The highest BCUT2D eigenvalue weighted by atomic mass is 32.2. The fourth-order valence-corrected chi connectivity index (χ4v) is 4.04. The minimum absolute atomic E-state index is 0.519. The molecule has 0 radical (unpaired) electrons. The summed E-state index contributed by atoms with van der Waals surface area (Å²) in [6.07, 6.45) is 8.02. The van der Waals surface area contributed by atoms with Gasteiger partial charge in [-0.05, 0) is 49.9 Å². The molecule has 1 unspecified atom stereocenters. The zero-order valence-electron chi connectivity index (χ0n) is 12.3. The molecule has 1 saturated carbocycles. The number of nitrogens with one attached hydrogen (secondary N) is 1. The zero-order chi connectivity index (χ0) is 13.5. The molecule has 19 heavy (non-hydrogen) atoms. The van der Waals surface area contributed by atoms with Gasteiger partial charge in [-0.2, -0.15) is 0 Å². The molecule has 106 valence electrons. The van der Waals surface area contributed by atoms with Crippen molar-refractivity contribution in [2.45, 2.75) is 68.6 Å². The molecular weight excluding hydrogens is 250 g/mol. The highest BCUT2D eigenvalue weighted by Gasteiger charge is 2.16. The van der Waals surface area contributed by atoms with Crippen molar-refractivity contribution in [3.05, 3.63) is 29.8 Å². The van der Waals surface area contributed by atoms with Gasteiger partial charge in [-0.25, -0.2) is 0 Å².